The standard InChI is InChI=1S/C29H25NOS/c31-28-16-18-30(21-24(28)20-23-17-19-32-22-23)29(25-10-4-1-5-11-25,26-12-6-2-7-13-26)27-14-8-3-9-15-27/h1-15,17,19-20,22H,16,18,21H2/b24-20+. The fourth-order valence-corrected chi connectivity index (χ4v) is 5.44. The highest BCUT2D eigenvalue weighted by Gasteiger charge is 2.44. The van der Waals surface area contributed by atoms with Crippen LogP contribution < -0.4 is 0 Å². The third kappa shape index (κ3) is 3.75. The van der Waals surface area contributed by atoms with Crippen LogP contribution in [0, 0.1) is 0 Å². The molecule has 0 atom stereocenters. The molecule has 2 nitrogen and oxygen atoms in total. The Labute approximate surface area is 193 Å². The van der Waals surface area contributed by atoms with Gasteiger partial charge >= 0.3 is 0 Å². The van der Waals surface area contributed by atoms with Gasteiger partial charge in [-0.3, -0.25) is 9.69 Å². The van der Waals surface area contributed by atoms with E-state index in [-0.39, 0.29) is 5.78 Å². The van der Waals surface area contributed by atoms with Gasteiger partial charge in [0, 0.05) is 25.1 Å². The summed E-state index contributed by atoms with van der Waals surface area (Å²) in [6.07, 6.45) is 2.58. The smallest absolute Gasteiger partial charge is 0.161 e. The van der Waals surface area contributed by atoms with E-state index in [9.17, 15) is 4.79 Å². The predicted octanol–water partition coefficient (Wildman–Crippen LogP) is 6.40. The summed E-state index contributed by atoms with van der Waals surface area (Å²) in [7, 11) is 0. The van der Waals surface area contributed by atoms with Crippen LogP contribution in [-0.4, -0.2) is 23.8 Å². The number of ketones is 1. The Morgan fingerprint density at radius 3 is 1.75 bits per heavy atom. The molecule has 0 saturated carbocycles. The van der Waals surface area contributed by atoms with Crippen molar-refractivity contribution in [2.24, 2.45) is 0 Å². The van der Waals surface area contributed by atoms with Crippen molar-refractivity contribution < 1.29 is 4.79 Å². The topological polar surface area (TPSA) is 20.3 Å². The van der Waals surface area contributed by atoms with Gasteiger partial charge in [-0.2, -0.15) is 11.3 Å². The monoisotopic (exact) mass is 435 g/mol. The minimum atomic E-state index is -0.488. The predicted molar refractivity (Wildman–Crippen MR) is 133 cm³/mol. The number of carbonyl (C=O) groups excluding carboxylic acids is 1. The molecule has 1 aliphatic rings. The summed E-state index contributed by atoms with van der Waals surface area (Å²) in [5, 5.41) is 4.15. The second-order valence-corrected chi connectivity index (χ2v) is 8.91. The van der Waals surface area contributed by atoms with Gasteiger partial charge in [-0.25, -0.2) is 0 Å². The minimum absolute atomic E-state index is 0.246. The molecule has 158 valence electrons. The van der Waals surface area contributed by atoms with Gasteiger partial charge in [-0.1, -0.05) is 91.0 Å². The Morgan fingerprint density at radius 2 is 1.28 bits per heavy atom. The molecule has 4 aromatic rings. The maximum absolute atomic E-state index is 12.9. The fraction of sp³-hybridized carbons (Fsp3) is 0.138. The van der Waals surface area contributed by atoms with Gasteiger partial charge < -0.3 is 0 Å². The zero-order valence-electron chi connectivity index (χ0n) is 17.9. The average molecular weight is 436 g/mol. The summed E-state index contributed by atoms with van der Waals surface area (Å²) in [6, 6.07) is 34.1. The van der Waals surface area contributed by atoms with E-state index < -0.39 is 5.54 Å². The highest BCUT2D eigenvalue weighted by atomic mass is 32.1. The quantitative estimate of drug-likeness (QED) is 0.267. The largest absolute Gasteiger partial charge is 0.294 e. The number of nitrogens with zero attached hydrogens (tertiary/aromatic N) is 1. The van der Waals surface area contributed by atoms with Crippen LogP contribution in [0.4, 0.5) is 0 Å². The maximum atomic E-state index is 12.9. The number of benzene rings is 3. The van der Waals surface area contributed by atoms with Crippen LogP contribution >= 0.6 is 11.3 Å². The van der Waals surface area contributed by atoms with E-state index in [1.54, 1.807) is 11.3 Å². The first-order chi connectivity index (χ1) is 15.8. The number of rotatable bonds is 5. The lowest BCUT2D eigenvalue weighted by Gasteiger charge is -2.47. The number of carbonyl (C=O) groups is 1. The van der Waals surface area contributed by atoms with E-state index in [2.05, 4.69) is 119 Å². The molecule has 0 bridgehead atoms. The van der Waals surface area contributed by atoms with Gasteiger partial charge in [-0.15, -0.1) is 0 Å². The normalized spacial score (nSPS) is 16.4. The fourth-order valence-electron chi connectivity index (χ4n) is 4.83. The van der Waals surface area contributed by atoms with E-state index in [4.69, 9.17) is 0 Å². The molecule has 0 aliphatic carbocycles. The molecule has 1 aromatic heterocycles. The molecule has 3 aromatic carbocycles. The van der Waals surface area contributed by atoms with Crippen molar-refractivity contribution in [2.75, 3.05) is 13.1 Å². The number of likely N-dealkylation sites (tertiary alicyclic amines) is 1. The Hall–Kier alpha value is -3.27. The molecule has 0 unspecified atom stereocenters. The molecule has 32 heavy (non-hydrogen) atoms. The summed E-state index contributed by atoms with van der Waals surface area (Å²) >= 11 is 1.66. The molecule has 0 N–H and O–H groups in total. The number of thiophene rings is 1. The van der Waals surface area contributed by atoms with Crippen molar-refractivity contribution >= 4 is 23.2 Å². The Bertz CT molecular complexity index is 1100. The molecule has 0 radical (unpaired) electrons. The van der Waals surface area contributed by atoms with Crippen LogP contribution in [-0.2, 0) is 10.3 Å². The first-order valence-electron chi connectivity index (χ1n) is 11.0. The molecule has 1 saturated heterocycles. The zero-order valence-corrected chi connectivity index (χ0v) is 18.7. The van der Waals surface area contributed by atoms with Crippen LogP contribution in [0.3, 0.4) is 0 Å². The van der Waals surface area contributed by atoms with Crippen LogP contribution in [0.25, 0.3) is 6.08 Å². The first-order valence-corrected chi connectivity index (χ1v) is 11.9. The third-order valence-electron chi connectivity index (χ3n) is 6.26. The van der Waals surface area contributed by atoms with Crippen molar-refractivity contribution in [3.05, 3.63) is 136 Å². The number of hydrogen-bond acceptors (Lipinski definition) is 3. The summed E-state index contributed by atoms with van der Waals surface area (Å²) in [6.45, 7) is 1.31. The molecule has 2 heterocycles. The van der Waals surface area contributed by atoms with Crippen LogP contribution in [0.1, 0.15) is 28.7 Å². The summed E-state index contributed by atoms with van der Waals surface area (Å²) in [5.41, 5.74) is 5.12. The minimum Gasteiger partial charge on any atom is -0.294 e. The van der Waals surface area contributed by atoms with Gasteiger partial charge in [-0.05, 0) is 45.2 Å². The lowest BCUT2D eigenvalue weighted by molar-refractivity contribution is -0.117. The van der Waals surface area contributed by atoms with Crippen molar-refractivity contribution in [3.8, 4) is 0 Å². The number of piperidine rings is 1. The average Bonchev–Trinajstić information content (AvgIpc) is 3.37. The molecular formula is C29H25NOS. The van der Waals surface area contributed by atoms with Crippen LogP contribution in [0.5, 0.6) is 0 Å². The SMILES string of the molecule is O=C1CCN(C(c2ccccc2)(c2ccccc2)c2ccccc2)C/C1=C\c1ccsc1. The number of hydrogen-bond donors (Lipinski definition) is 0. The van der Waals surface area contributed by atoms with Crippen molar-refractivity contribution in [1.29, 1.82) is 0 Å². The molecule has 0 amide bonds. The summed E-state index contributed by atoms with van der Waals surface area (Å²) in [5.74, 6) is 0.246. The first kappa shape index (κ1) is 20.6. The second-order valence-electron chi connectivity index (χ2n) is 8.13. The van der Waals surface area contributed by atoms with E-state index >= 15 is 0 Å². The lowest BCUT2D eigenvalue weighted by Crippen LogP contribution is -2.52. The molecule has 0 spiro atoms. The maximum Gasteiger partial charge on any atom is 0.161 e. The zero-order chi connectivity index (χ0) is 21.8. The van der Waals surface area contributed by atoms with Crippen LogP contribution in [0.15, 0.2) is 113 Å². The third-order valence-corrected chi connectivity index (χ3v) is 6.96. The Morgan fingerprint density at radius 1 is 0.750 bits per heavy atom. The van der Waals surface area contributed by atoms with Crippen molar-refractivity contribution in [1.82, 2.24) is 4.90 Å². The van der Waals surface area contributed by atoms with Gasteiger partial charge in [0.15, 0.2) is 5.78 Å². The second kappa shape index (κ2) is 9.07. The van der Waals surface area contributed by atoms with Crippen molar-refractivity contribution in [2.45, 2.75) is 12.0 Å². The highest BCUT2D eigenvalue weighted by molar-refractivity contribution is 7.08. The van der Waals surface area contributed by atoms with Gasteiger partial charge in [0.05, 0.1) is 5.54 Å². The summed E-state index contributed by atoms with van der Waals surface area (Å²) < 4.78 is 0. The van der Waals surface area contributed by atoms with Gasteiger partial charge in [0.25, 0.3) is 0 Å². The Balaban J connectivity index is 1.72. The van der Waals surface area contributed by atoms with E-state index in [1.807, 2.05) is 0 Å². The van der Waals surface area contributed by atoms with E-state index in [0.717, 1.165) is 11.1 Å². The lowest BCUT2D eigenvalue weighted by atomic mass is 9.74. The number of Topliss-reactive ketones (excluding diaryl/α,β-unsaturated/α-hetero) is 1. The highest BCUT2D eigenvalue weighted by Crippen LogP contribution is 2.44. The molecule has 5 rings (SSSR count). The van der Waals surface area contributed by atoms with E-state index in [1.165, 1.54) is 16.7 Å². The molecular weight excluding hydrogens is 410 g/mol. The summed E-state index contributed by atoms with van der Waals surface area (Å²) in [4.78, 5) is 15.4. The van der Waals surface area contributed by atoms with E-state index in [0.29, 0.717) is 19.5 Å². The van der Waals surface area contributed by atoms with Gasteiger partial charge in [0.2, 0.25) is 0 Å². The van der Waals surface area contributed by atoms with Crippen molar-refractivity contribution in [3.63, 3.8) is 0 Å². The Kier molecular flexibility index (Phi) is 5.85. The van der Waals surface area contributed by atoms with Crippen LogP contribution in [0.2, 0.25) is 0 Å². The molecule has 3 heteroatoms. The van der Waals surface area contributed by atoms with Gasteiger partial charge in [0.1, 0.15) is 0 Å². The molecule has 1 fully saturated rings. The molecule has 1 aliphatic heterocycles.